The monoisotopic (exact) mass is 353 g/mol. The third kappa shape index (κ3) is 4.83. The van der Waals surface area contributed by atoms with E-state index in [0.29, 0.717) is 19.5 Å². The standard InChI is InChI=1S/C16H27N5O4/c1-10(2)18-16(25)20-7-8-21(11(3)22)13(9-20)15(24)19-12-5-4-6-17-14(12)23/h10,12-13H,4-9H2,1-3H3,(H,17,23)(H,18,25)(H,19,24). The highest BCUT2D eigenvalue weighted by Gasteiger charge is 2.37. The fourth-order valence-electron chi connectivity index (χ4n) is 3.08. The van der Waals surface area contributed by atoms with Crippen LogP contribution in [0, 0.1) is 0 Å². The van der Waals surface area contributed by atoms with Gasteiger partial charge in [0.2, 0.25) is 17.7 Å². The molecule has 2 heterocycles. The average Bonchev–Trinajstić information content (AvgIpc) is 2.55. The van der Waals surface area contributed by atoms with Crippen molar-refractivity contribution < 1.29 is 19.2 Å². The molecule has 0 saturated carbocycles. The van der Waals surface area contributed by atoms with E-state index in [-0.39, 0.29) is 37.0 Å². The minimum Gasteiger partial charge on any atom is -0.354 e. The van der Waals surface area contributed by atoms with Gasteiger partial charge >= 0.3 is 6.03 Å². The fourth-order valence-corrected chi connectivity index (χ4v) is 3.08. The van der Waals surface area contributed by atoms with Gasteiger partial charge < -0.3 is 25.8 Å². The summed E-state index contributed by atoms with van der Waals surface area (Å²) < 4.78 is 0. The fraction of sp³-hybridized carbons (Fsp3) is 0.750. The topological polar surface area (TPSA) is 111 Å². The van der Waals surface area contributed by atoms with Crippen molar-refractivity contribution in [1.29, 1.82) is 0 Å². The third-order valence-corrected chi connectivity index (χ3v) is 4.39. The van der Waals surface area contributed by atoms with Crippen LogP contribution in [0.4, 0.5) is 4.79 Å². The molecular weight excluding hydrogens is 326 g/mol. The Labute approximate surface area is 147 Å². The third-order valence-electron chi connectivity index (χ3n) is 4.39. The Morgan fingerprint density at radius 2 is 1.96 bits per heavy atom. The first-order chi connectivity index (χ1) is 11.8. The summed E-state index contributed by atoms with van der Waals surface area (Å²) in [7, 11) is 0. The first-order valence-corrected chi connectivity index (χ1v) is 8.70. The Hall–Kier alpha value is -2.32. The Kier molecular flexibility index (Phi) is 6.22. The van der Waals surface area contributed by atoms with Gasteiger partial charge in [-0.15, -0.1) is 0 Å². The SMILES string of the molecule is CC(=O)N1CCN(C(=O)NC(C)C)CC1C(=O)NC1CCCNC1=O. The van der Waals surface area contributed by atoms with Crippen molar-refractivity contribution in [3.8, 4) is 0 Å². The van der Waals surface area contributed by atoms with Gasteiger partial charge in [0, 0.05) is 32.6 Å². The van der Waals surface area contributed by atoms with E-state index in [1.54, 1.807) is 0 Å². The molecule has 3 N–H and O–H groups in total. The van der Waals surface area contributed by atoms with E-state index < -0.39 is 18.0 Å². The number of hydrogen-bond acceptors (Lipinski definition) is 4. The molecule has 0 bridgehead atoms. The molecule has 140 valence electrons. The summed E-state index contributed by atoms with van der Waals surface area (Å²) in [5, 5.41) is 8.23. The Bertz CT molecular complexity index is 551. The van der Waals surface area contributed by atoms with Gasteiger partial charge in [-0.3, -0.25) is 14.4 Å². The van der Waals surface area contributed by atoms with Crippen LogP contribution in [0.2, 0.25) is 0 Å². The summed E-state index contributed by atoms with van der Waals surface area (Å²) in [6.07, 6.45) is 1.36. The van der Waals surface area contributed by atoms with Crippen molar-refractivity contribution in [1.82, 2.24) is 25.8 Å². The van der Waals surface area contributed by atoms with Crippen LogP contribution in [-0.2, 0) is 14.4 Å². The lowest BCUT2D eigenvalue weighted by atomic mass is 10.1. The van der Waals surface area contributed by atoms with Gasteiger partial charge in [0.1, 0.15) is 12.1 Å². The van der Waals surface area contributed by atoms with Crippen molar-refractivity contribution >= 4 is 23.8 Å². The van der Waals surface area contributed by atoms with E-state index >= 15 is 0 Å². The predicted octanol–water partition coefficient (Wildman–Crippen LogP) is -0.968. The zero-order valence-corrected chi connectivity index (χ0v) is 15.0. The summed E-state index contributed by atoms with van der Waals surface area (Å²) in [5.74, 6) is -0.837. The van der Waals surface area contributed by atoms with E-state index in [1.807, 2.05) is 13.8 Å². The maximum atomic E-state index is 12.7. The van der Waals surface area contributed by atoms with Gasteiger partial charge in [-0.05, 0) is 26.7 Å². The number of carbonyl (C=O) groups excluding carboxylic acids is 4. The number of urea groups is 1. The highest BCUT2D eigenvalue weighted by Crippen LogP contribution is 2.13. The van der Waals surface area contributed by atoms with Crippen molar-refractivity contribution in [3.63, 3.8) is 0 Å². The zero-order chi connectivity index (χ0) is 18.6. The average molecular weight is 353 g/mol. The van der Waals surface area contributed by atoms with Gasteiger partial charge in [-0.2, -0.15) is 0 Å². The Balaban J connectivity index is 2.06. The summed E-state index contributed by atoms with van der Waals surface area (Å²) in [6, 6.07) is -1.66. The van der Waals surface area contributed by atoms with Crippen molar-refractivity contribution in [2.24, 2.45) is 0 Å². The lowest BCUT2D eigenvalue weighted by molar-refractivity contribution is -0.143. The normalized spacial score (nSPS) is 23.9. The molecule has 9 nitrogen and oxygen atoms in total. The van der Waals surface area contributed by atoms with Crippen molar-refractivity contribution in [2.75, 3.05) is 26.2 Å². The van der Waals surface area contributed by atoms with Crippen LogP contribution in [0.5, 0.6) is 0 Å². The largest absolute Gasteiger partial charge is 0.354 e. The van der Waals surface area contributed by atoms with Crippen LogP contribution >= 0.6 is 0 Å². The number of amides is 5. The van der Waals surface area contributed by atoms with Gasteiger partial charge in [0.15, 0.2) is 0 Å². The summed E-state index contributed by atoms with van der Waals surface area (Å²) in [5.41, 5.74) is 0. The molecule has 2 aliphatic rings. The summed E-state index contributed by atoms with van der Waals surface area (Å²) >= 11 is 0. The highest BCUT2D eigenvalue weighted by molar-refractivity contribution is 5.92. The molecule has 0 radical (unpaired) electrons. The molecule has 2 unspecified atom stereocenters. The number of hydrogen-bond donors (Lipinski definition) is 3. The quantitative estimate of drug-likeness (QED) is 0.606. The molecule has 2 atom stereocenters. The summed E-state index contributed by atoms with van der Waals surface area (Å²) in [6.45, 7) is 6.49. The minimum absolute atomic E-state index is 0.0171. The Morgan fingerprint density at radius 1 is 1.24 bits per heavy atom. The maximum absolute atomic E-state index is 12.7. The molecule has 2 saturated heterocycles. The van der Waals surface area contributed by atoms with Gasteiger partial charge in [0.25, 0.3) is 0 Å². The molecule has 2 rings (SSSR count). The van der Waals surface area contributed by atoms with Gasteiger partial charge in [-0.1, -0.05) is 0 Å². The molecule has 2 aliphatic heterocycles. The van der Waals surface area contributed by atoms with Crippen LogP contribution < -0.4 is 16.0 Å². The molecule has 9 heteroatoms. The lowest BCUT2D eigenvalue weighted by Gasteiger charge is -2.40. The van der Waals surface area contributed by atoms with E-state index in [9.17, 15) is 19.2 Å². The van der Waals surface area contributed by atoms with Crippen molar-refractivity contribution in [2.45, 2.75) is 51.7 Å². The first-order valence-electron chi connectivity index (χ1n) is 8.70. The predicted molar refractivity (Wildman–Crippen MR) is 90.6 cm³/mol. The van der Waals surface area contributed by atoms with Crippen LogP contribution in [0.1, 0.15) is 33.6 Å². The van der Waals surface area contributed by atoms with Crippen LogP contribution in [0.3, 0.4) is 0 Å². The minimum atomic E-state index is -0.793. The number of carbonyl (C=O) groups is 4. The van der Waals surface area contributed by atoms with Gasteiger partial charge in [0.05, 0.1) is 6.54 Å². The molecule has 2 fully saturated rings. The van der Waals surface area contributed by atoms with Crippen LogP contribution in [0.15, 0.2) is 0 Å². The number of nitrogens with one attached hydrogen (secondary N) is 3. The van der Waals surface area contributed by atoms with E-state index in [0.717, 1.165) is 6.42 Å². The van der Waals surface area contributed by atoms with Crippen LogP contribution in [0.25, 0.3) is 0 Å². The maximum Gasteiger partial charge on any atom is 0.317 e. The molecule has 5 amide bonds. The van der Waals surface area contributed by atoms with Crippen LogP contribution in [-0.4, -0.2) is 77.9 Å². The van der Waals surface area contributed by atoms with Crippen molar-refractivity contribution in [3.05, 3.63) is 0 Å². The molecule has 0 spiro atoms. The number of rotatable bonds is 3. The molecule has 0 aromatic rings. The lowest BCUT2D eigenvalue weighted by Crippen LogP contribution is -2.64. The second-order valence-corrected chi connectivity index (χ2v) is 6.77. The summed E-state index contributed by atoms with van der Waals surface area (Å²) in [4.78, 5) is 51.6. The van der Waals surface area contributed by atoms with E-state index in [2.05, 4.69) is 16.0 Å². The second-order valence-electron chi connectivity index (χ2n) is 6.77. The first kappa shape index (κ1) is 19.0. The number of piperidine rings is 1. The molecule has 0 aliphatic carbocycles. The second kappa shape index (κ2) is 8.17. The molecule has 0 aromatic heterocycles. The molecule has 0 aromatic carbocycles. The molecule has 25 heavy (non-hydrogen) atoms. The smallest absolute Gasteiger partial charge is 0.317 e. The number of nitrogens with zero attached hydrogens (tertiary/aromatic N) is 2. The highest BCUT2D eigenvalue weighted by atomic mass is 16.2. The van der Waals surface area contributed by atoms with Gasteiger partial charge in [-0.25, -0.2) is 4.79 Å². The molecular formula is C16H27N5O4. The zero-order valence-electron chi connectivity index (χ0n) is 15.0. The number of piperazine rings is 1. The van der Waals surface area contributed by atoms with E-state index in [4.69, 9.17) is 0 Å². The Morgan fingerprint density at radius 3 is 2.56 bits per heavy atom. The van der Waals surface area contributed by atoms with E-state index in [1.165, 1.54) is 16.7 Å².